The van der Waals surface area contributed by atoms with E-state index in [0.717, 1.165) is 0 Å². The summed E-state index contributed by atoms with van der Waals surface area (Å²) in [5.41, 5.74) is 0.522. The lowest BCUT2D eigenvalue weighted by atomic mass is 10.1. The normalized spacial score (nSPS) is 15.8. The zero-order chi connectivity index (χ0) is 15.9. The van der Waals surface area contributed by atoms with Gasteiger partial charge < -0.3 is 9.79 Å². The van der Waals surface area contributed by atoms with Crippen molar-refractivity contribution in [1.29, 1.82) is 0 Å². The molecule has 0 saturated heterocycles. The van der Waals surface area contributed by atoms with Crippen LogP contribution in [0.2, 0.25) is 0 Å². The van der Waals surface area contributed by atoms with E-state index in [1.165, 1.54) is 24.3 Å². The van der Waals surface area contributed by atoms with Crippen molar-refractivity contribution < 1.29 is 23.9 Å². The summed E-state index contributed by atoms with van der Waals surface area (Å²) in [5, 5.41) is 0. The fourth-order valence-corrected chi connectivity index (χ4v) is 3.62. The Kier molecular flexibility index (Phi) is 3.45. The number of benzene rings is 2. The quantitative estimate of drug-likeness (QED) is 0.668. The van der Waals surface area contributed by atoms with Gasteiger partial charge in [-0.1, -0.05) is 42.5 Å². The third-order valence-electron chi connectivity index (χ3n) is 3.49. The molecular formula is C15H12NO5P. The van der Waals surface area contributed by atoms with Gasteiger partial charge in [0.05, 0.1) is 11.1 Å². The van der Waals surface area contributed by atoms with Gasteiger partial charge in [-0.25, -0.2) is 0 Å². The monoisotopic (exact) mass is 317 g/mol. The second kappa shape index (κ2) is 5.18. The molecule has 2 aromatic carbocycles. The smallest absolute Gasteiger partial charge is 0.323 e. The minimum absolute atomic E-state index is 0.155. The largest absolute Gasteiger partial charge is 0.352 e. The zero-order valence-electron chi connectivity index (χ0n) is 11.3. The Morgan fingerprint density at radius 1 is 0.818 bits per heavy atom. The van der Waals surface area contributed by atoms with Crippen molar-refractivity contribution in [2.45, 2.75) is 5.78 Å². The number of amides is 2. The van der Waals surface area contributed by atoms with Gasteiger partial charge in [0.25, 0.3) is 11.8 Å². The molecule has 1 aliphatic rings. The van der Waals surface area contributed by atoms with Gasteiger partial charge in [-0.3, -0.25) is 19.1 Å². The fraction of sp³-hybridized carbons (Fsp3) is 0.0667. The van der Waals surface area contributed by atoms with Gasteiger partial charge in [-0.2, -0.15) is 0 Å². The van der Waals surface area contributed by atoms with Crippen molar-refractivity contribution in [2.75, 3.05) is 0 Å². The Balaban J connectivity index is 2.14. The first kappa shape index (κ1) is 14.7. The summed E-state index contributed by atoms with van der Waals surface area (Å²) in [4.78, 5) is 44.9. The Hall–Kier alpha value is -2.27. The van der Waals surface area contributed by atoms with E-state index < -0.39 is 25.2 Å². The second-order valence-corrected chi connectivity index (χ2v) is 6.57. The molecule has 1 heterocycles. The zero-order valence-corrected chi connectivity index (χ0v) is 12.2. The SMILES string of the molecule is O=C1c2ccccc2C(=O)N1C(c1ccccc1)P(=O)(O)O. The standard InChI is InChI=1S/C15H12NO5P/c17-13-11-8-4-5-9-12(11)14(18)16(13)15(22(19,20)21)10-6-2-1-3-7-10/h1-9,15H,(H2,19,20,21). The van der Waals surface area contributed by atoms with Crippen LogP contribution in [0.1, 0.15) is 32.1 Å². The predicted octanol–water partition coefficient (Wildman–Crippen LogP) is 2.16. The van der Waals surface area contributed by atoms with Crippen LogP contribution < -0.4 is 0 Å². The van der Waals surface area contributed by atoms with Crippen molar-refractivity contribution in [3.63, 3.8) is 0 Å². The molecule has 6 nitrogen and oxygen atoms in total. The summed E-state index contributed by atoms with van der Waals surface area (Å²) in [7, 11) is -4.77. The molecule has 2 aromatic rings. The number of imide groups is 1. The molecule has 0 fully saturated rings. The predicted molar refractivity (Wildman–Crippen MR) is 78.2 cm³/mol. The van der Waals surface area contributed by atoms with Gasteiger partial charge in [0.15, 0.2) is 5.78 Å². The van der Waals surface area contributed by atoms with Crippen molar-refractivity contribution in [2.24, 2.45) is 0 Å². The van der Waals surface area contributed by atoms with Crippen LogP contribution in [-0.2, 0) is 4.57 Å². The van der Waals surface area contributed by atoms with Crippen molar-refractivity contribution in [1.82, 2.24) is 4.90 Å². The van der Waals surface area contributed by atoms with Crippen LogP contribution in [0.5, 0.6) is 0 Å². The number of carbonyl (C=O) groups excluding carboxylic acids is 2. The van der Waals surface area contributed by atoms with Crippen LogP contribution >= 0.6 is 7.60 Å². The molecule has 3 rings (SSSR count). The van der Waals surface area contributed by atoms with E-state index in [-0.39, 0.29) is 16.7 Å². The highest BCUT2D eigenvalue weighted by Gasteiger charge is 2.47. The van der Waals surface area contributed by atoms with Crippen molar-refractivity contribution in [3.8, 4) is 0 Å². The minimum atomic E-state index is -4.77. The Bertz CT molecular complexity index is 764. The summed E-state index contributed by atoms with van der Waals surface area (Å²) in [5.74, 6) is -3.02. The third-order valence-corrected chi connectivity index (χ3v) is 4.65. The van der Waals surface area contributed by atoms with E-state index in [1.54, 1.807) is 30.3 Å². The van der Waals surface area contributed by atoms with Crippen LogP contribution in [0.4, 0.5) is 0 Å². The molecule has 2 amide bonds. The molecule has 1 unspecified atom stereocenters. The van der Waals surface area contributed by atoms with E-state index >= 15 is 0 Å². The molecule has 1 atom stereocenters. The highest BCUT2D eigenvalue weighted by atomic mass is 31.2. The first-order valence-electron chi connectivity index (χ1n) is 6.48. The number of rotatable bonds is 3. The molecule has 0 aliphatic carbocycles. The molecule has 0 saturated carbocycles. The summed E-state index contributed by atoms with van der Waals surface area (Å²) in [6.07, 6.45) is 0. The maximum Gasteiger partial charge on any atom is 0.352 e. The summed E-state index contributed by atoms with van der Waals surface area (Å²) < 4.78 is 11.9. The van der Waals surface area contributed by atoms with Crippen molar-refractivity contribution in [3.05, 3.63) is 71.3 Å². The van der Waals surface area contributed by atoms with E-state index in [1.807, 2.05) is 0 Å². The summed E-state index contributed by atoms with van der Waals surface area (Å²) >= 11 is 0. The van der Waals surface area contributed by atoms with Crippen molar-refractivity contribution >= 4 is 19.4 Å². The lowest BCUT2D eigenvalue weighted by molar-refractivity contribution is 0.0612. The average Bonchev–Trinajstić information content (AvgIpc) is 2.73. The Morgan fingerprint density at radius 3 is 1.73 bits per heavy atom. The number of fused-ring (bicyclic) bond motifs is 1. The molecule has 0 bridgehead atoms. The van der Waals surface area contributed by atoms with Gasteiger partial charge in [0.2, 0.25) is 0 Å². The molecule has 22 heavy (non-hydrogen) atoms. The average molecular weight is 317 g/mol. The fourth-order valence-electron chi connectivity index (χ4n) is 2.55. The van der Waals surface area contributed by atoms with Crippen LogP contribution in [-0.4, -0.2) is 26.5 Å². The molecule has 112 valence electrons. The van der Waals surface area contributed by atoms with E-state index in [2.05, 4.69) is 0 Å². The topological polar surface area (TPSA) is 94.9 Å². The second-order valence-electron chi connectivity index (χ2n) is 4.90. The van der Waals surface area contributed by atoms with E-state index in [0.29, 0.717) is 4.90 Å². The molecular weight excluding hydrogens is 305 g/mol. The van der Waals surface area contributed by atoms with Gasteiger partial charge in [0, 0.05) is 0 Å². The molecule has 7 heteroatoms. The minimum Gasteiger partial charge on any atom is -0.323 e. The number of carbonyl (C=O) groups is 2. The molecule has 2 N–H and O–H groups in total. The first-order chi connectivity index (χ1) is 10.4. The van der Waals surface area contributed by atoms with Gasteiger partial charge >= 0.3 is 7.60 Å². The van der Waals surface area contributed by atoms with Crippen LogP contribution in [0.3, 0.4) is 0 Å². The van der Waals surface area contributed by atoms with Gasteiger partial charge in [0.1, 0.15) is 0 Å². The molecule has 0 spiro atoms. The highest BCUT2D eigenvalue weighted by Crippen LogP contribution is 2.55. The molecule has 0 radical (unpaired) electrons. The Labute approximate surface area is 126 Å². The van der Waals surface area contributed by atoms with Crippen LogP contribution in [0.25, 0.3) is 0 Å². The van der Waals surface area contributed by atoms with Gasteiger partial charge in [-0.05, 0) is 17.7 Å². The molecule has 1 aliphatic heterocycles. The van der Waals surface area contributed by atoms with Gasteiger partial charge in [-0.15, -0.1) is 0 Å². The maximum absolute atomic E-state index is 12.4. The number of nitrogens with zero attached hydrogens (tertiary/aromatic N) is 1. The van der Waals surface area contributed by atoms with E-state index in [9.17, 15) is 23.9 Å². The number of hydrogen-bond acceptors (Lipinski definition) is 3. The molecule has 0 aromatic heterocycles. The van der Waals surface area contributed by atoms with Crippen LogP contribution in [0.15, 0.2) is 54.6 Å². The van der Waals surface area contributed by atoms with E-state index in [4.69, 9.17) is 0 Å². The lowest BCUT2D eigenvalue weighted by Crippen LogP contribution is -2.34. The first-order valence-corrected chi connectivity index (χ1v) is 8.16. The van der Waals surface area contributed by atoms with Crippen LogP contribution in [0, 0.1) is 0 Å². The maximum atomic E-state index is 12.4. The lowest BCUT2D eigenvalue weighted by Gasteiger charge is -2.27. The number of hydrogen-bond donors (Lipinski definition) is 2. The third kappa shape index (κ3) is 2.27. The highest BCUT2D eigenvalue weighted by molar-refractivity contribution is 7.52. The Morgan fingerprint density at radius 2 is 1.27 bits per heavy atom. The summed E-state index contributed by atoms with van der Waals surface area (Å²) in [6.45, 7) is 0. The summed E-state index contributed by atoms with van der Waals surface area (Å²) in [6, 6.07) is 14.0.